The number of nitrogens with zero attached hydrogens (tertiary/aromatic N) is 9. The lowest BCUT2D eigenvalue weighted by Gasteiger charge is -2.19. The lowest BCUT2D eigenvalue weighted by atomic mass is 9.86. The first kappa shape index (κ1) is 85.3. The number of aryl methyl sites for hydroxylation is 1. The molecule has 9 heterocycles. The second-order valence-electron chi connectivity index (χ2n) is 33.7. The van der Waals surface area contributed by atoms with Gasteiger partial charge in [-0.15, -0.1) is 45.3 Å². The van der Waals surface area contributed by atoms with Gasteiger partial charge in [0.25, 0.3) is 0 Å². The molecule has 0 saturated carbocycles. The fourth-order valence-electron chi connectivity index (χ4n) is 12.1. The summed E-state index contributed by atoms with van der Waals surface area (Å²) in [6, 6.07) is 60.3. The van der Waals surface area contributed by atoms with Gasteiger partial charge in [0.05, 0.1) is 90.8 Å². The van der Waals surface area contributed by atoms with Gasteiger partial charge < -0.3 is 23.2 Å². The van der Waals surface area contributed by atoms with Gasteiger partial charge in [-0.3, -0.25) is 0 Å². The average Bonchev–Trinajstić information content (AvgIpc) is 1.69. The molecule has 0 amide bonds. The fraction of sp³-hybridized carbons (Fsp3) is 0.337. The molecule has 0 unspecified atom stereocenters. The van der Waals surface area contributed by atoms with E-state index in [1.165, 1.54) is 81.1 Å². The van der Waals surface area contributed by atoms with Crippen LogP contribution in [0.15, 0.2) is 225 Å². The van der Waals surface area contributed by atoms with Crippen LogP contribution in [0.2, 0.25) is 0 Å². The molecule has 588 valence electrons. The summed E-state index contributed by atoms with van der Waals surface area (Å²) in [5.41, 5.74) is 30.2. The number of rotatable bonds is 5. The smallest absolute Gasteiger partial charge is 0.198 e. The Balaban J connectivity index is 0.000000135. The SMILES string of the molecule is CC(C)(C)c1ccc2ncoc2c1.CC(C)(C)c1ccc2scnc2c1.CC(C)(C)c1cccc2ncsc12.CC(C)c1ccc2nc[nH]c2c1.CC(C)c1ccc2ocnc2c1.CC(C)c1cccc2scnc12.CC(C)c1nc2ccccc2o1.CC(C)c1nc2ccccc2s1.Cc1nc2c(C(C)(C)C)cccc2[nH]1. The number of nitrogens with one attached hydrogen (secondary N) is 2. The van der Waals surface area contributed by atoms with E-state index in [1.54, 1.807) is 51.7 Å². The highest BCUT2D eigenvalue weighted by molar-refractivity contribution is 7.18. The predicted octanol–water partition coefficient (Wildman–Crippen LogP) is 28.9. The molecule has 0 atom stereocenters. The van der Waals surface area contributed by atoms with Gasteiger partial charge in [0.15, 0.2) is 35.4 Å². The molecule has 0 saturated heterocycles. The van der Waals surface area contributed by atoms with Crippen molar-refractivity contribution >= 4 is 142 Å². The van der Waals surface area contributed by atoms with Gasteiger partial charge >= 0.3 is 0 Å². The Morgan fingerprint density at radius 2 is 0.947 bits per heavy atom. The Hall–Kier alpha value is -10.1. The highest BCUT2D eigenvalue weighted by Gasteiger charge is 2.21. The molecule has 0 fully saturated rings. The molecule has 14 nitrogen and oxygen atoms in total. The zero-order valence-electron chi connectivity index (χ0n) is 70.0. The summed E-state index contributed by atoms with van der Waals surface area (Å²) in [6.07, 6.45) is 4.70. The van der Waals surface area contributed by atoms with Crippen LogP contribution in [0, 0.1) is 6.92 Å². The fourth-order valence-corrected chi connectivity index (χ4v) is 15.4. The molecule has 18 aromatic rings. The molecule has 0 bridgehead atoms. The van der Waals surface area contributed by atoms with E-state index in [4.69, 9.17) is 13.3 Å². The van der Waals surface area contributed by atoms with Gasteiger partial charge in [0.2, 0.25) is 0 Å². The summed E-state index contributed by atoms with van der Waals surface area (Å²) in [4.78, 5) is 45.1. The highest BCUT2D eigenvalue weighted by Crippen LogP contribution is 2.35. The van der Waals surface area contributed by atoms with E-state index >= 15 is 0 Å². The van der Waals surface area contributed by atoms with Crippen LogP contribution < -0.4 is 0 Å². The van der Waals surface area contributed by atoms with Crippen molar-refractivity contribution in [3.05, 3.63) is 267 Å². The lowest BCUT2D eigenvalue weighted by Crippen LogP contribution is -2.11. The third kappa shape index (κ3) is 23.1. The van der Waals surface area contributed by atoms with Crippen molar-refractivity contribution in [2.45, 2.75) is 210 Å². The number of benzene rings is 9. The van der Waals surface area contributed by atoms with Crippen LogP contribution in [0.5, 0.6) is 0 Å². The predicted molar refractivity (Wildman–Crippen MR) is 483 cm³/mol. The van der Waals surface area contributed by atoms with E-state index in [0.29, 0.717) is 29.6 Å². The number of hydrogen-bond acceptors (Lipinski definition) is 16. The third-order valence-corrected chi connectivity index (χ3v) is 22.6. The minimum atomic E-state index is 0.154. The summed E-state index contributed by atoms with van der Waals surface area (Å²) in [5, 5.41) is 1.23. The molecule has 0 spiro atoms. The quantitative estimate of drug-likeness (QED) is 0.166. The maximum atomic E-state index is 5.52. The van der Waals surface area contributed by atoms with Crippen molar-refractivity contribution in [1.82, 2.24) is 54.8 Å². The molecule has 0 aliphatic rings. The van der Waals surface area contributed by atoms with Crippen molar-refractivity contribution in [2.24, 2.45) is 0 Å². The van der Waals surface area contributed by atoms with E-state index in [-0.39, 0.29) is 21.7 Å². The molecule has 18 heteroatoms. The number of thiazole rings is 4. The van der Waals surface area contributed by atoms with Crippen LogP contribution in [0.3, 0.4) is 0 Å². The molecule has 2 N–H and O–H groups in total. The monoisotopic (exact) mass is 1580 g/mol. The Kier molecular flexibility index (Phi) is 28.5. The summed E-state index contributed by atoms with van der Waals surface area (Å²) in [5.74, 6) is 4.40. The van der Waals surface area contributed by atoms with Crippen molar-refractivity contribution in [1.29, 1.82) is 0 Å². The molecule has 9 aromatic heterocycles. The van der Waals surface area contributed by atoms with Crippen LogP contribution in [0.1, 0.15) is 238 Å². The van der Waals surface area contributed by atoms with E-state index in [2.05, 4.69) is 341 Å². The van der Waals surface area contributed by atoms with Crippen LogP contribution in [-0.2, 0) is 21.7 Å². The van der Waals surface area contributed by atoms with Crippen molar-refractivity contribution in [3.63, 3.8) is 0 Å². The average molecular weight is 1580 g/mol. The standard InChI is InChI=1S/C12H16N2.C11H13NO.2C11H13NS.C10H12N2.2C10H11NO.2C10H11NS/c1-8-13-10-7-5-6-9(11(10)14-8)12(2,3)4;1-11(2,3)8-4-5-9-10(6-8)13-7-12-9;1-11(2,3)8-4-5-10-9(6-8)12-7-13-10;1-11(2,3)8-5-4-6-9-10(8)13-7-12-9;1-7(2)8-3-4-9-10(5-8)12-6-11-9;1-7(2)8-3-4-10-9(5-8)11-6-12-10;1-7(2)10-11-8-5-3-4-6-9(8)12-10;1-7(2)8-4-3-5-9-10(8)11-6-12-9;1-7(2)10-11-8-5-3-4-6-9(8)12-10/h5-7H,1-4H3,(H,13,14);3*4-7H,1-3H3;3-7H,1-2H3,(H,11,12);4*3-7H,1-2H3. The summed E-state index contributed by atoms with van der Waals surface area (Å²) in [7, 11) is 0. The van der Waals surface area contributed by atoms with Crippen LogP contribution in [0.25, 0.3) is 96.2 Å². The maximum Gasteiger partial charge on any atom is 0.198 e. The zero-order chi connectivity index (χ0) is 81.5. The highest BCUT2D eigenvalue weighted by atomic mass is 32.1. The first-order valence-electron chi connectivity index (χ1n) is 38.8. The Morgan fingerprint density at radius 1 is 0.363 bits per heavy atom. The van der Waals surface area contributed by atoms with Crippen molar-refractivity contribution in [3.8, 4) is 0 Å². The number of hydrogen-bond donors (Lipinski definition) is 2. The van der Waals surface area contributed by atoms with Crippen molar-refractivity contribution < 1.29 is 13.3 Å². The van der Waals surface area contributed by atoms with Crippen LogP contribution in [0.4, 0.5) is 0 Å². The summed E-state index contributed by atoms with van der Waals surface area (Å²) < 4.78 is 21.1. The number of H-pyrrole nitrogens is 2. The molecule has 113 heavy (non-hydrogen) atoms. The maximum absolute atomic E-state index is 5.52. The second kappa shape index (κ2) is 37.7. The molecule has 0 aliphatic carbocycles. The number of fused-ring (bicyclic) bond motifs is 9. The van der Waals surface area contributed by atoms with E-state index < -0.39 is 0 Å². The zero-order valence-corrected chi connectivity index (χ0v) is 73.2. The summed E-state index contributed by atoms with van der Waals surface area (Å²) >= 11 is 6.93. The van der Waals surface area contributed by atoms with Gasteiger partial charge in [-0.1, -0.05) is 237 Å². The lowest BCUT2D eigenvalue weighted by molar-refractivity contribution is 0.501. The Morgan fingerprint density at radius 3 is 1.63 bits per heavy atom. The second-order valence-corrected chi connectivity index (χ2v) is 37.4. The van der Waals surface area contributed by atoms with E-state index in [9.17, 15) is 0 Å². The minimum Gasteiger partial charge on any atom is -0.443 e. The molecule has 18 rings (SSSR count). The van der Waals surface area contributed by atoms with E-state index in [0.717, 1.165) is 83.6 Å². The topological polar surface area (TPSA) is 187 Å². The summed E-state index contributed by atoms with van der Waals surface area (Å²) in [6.45, 7) is 50.2. The number of para-hydroxylation sites is 5. The van der Waals surface area contributed by atoms with Gasteiger partial charge in [0.1, 0.15) is 22.4 Å². The third-order valence-electron chi connectivity index (χ3n) is 18.8. The Labute approximate surface area is 682 Å². The number of imidazole rings is 2. The number of oxazole rings is 3. The first-order chi connectivity index (χ1) is 53.6. The van der Waals surface area contributed by atoms with Gasteiger partial charge in [-0.25, -0.2) is 44.9 Å². The van der Waals surface area contributed by atoms with E-state index in [1.807, 2.05) is 65.9 Å². The Bertz CT molecular complexity index is 5680. The molecule has 9 aromatic carbocycles. The minimum absolute atomic E-state index is 0.154. The molecule has 0 radical (unpaired) electrons. The molecular weight excluding hydrogens is 1470 g/mol. The number of aromatic nitrogens is 11. The van der Waals surface area contributed by atoms with Crippen molar-refractivity contribution in [2.75, 3.05) is 0 Å². The van der Waals surface area contributed by atoms with Crippen LogP contribution in [-0.4, -0.2) is 54.8 Å². The number of aromatic amines is 2. The van der Waals surface area contributed by atoms with Gasteiger partial charge in [-0.05, 0) is 176 Å². The van der Waals surface area contributed by atoms with Gasteiger partial charge in [0, 0.05) is 11.8 Å². The largest absolute Gasteiger partial charge is 0.443 e. The van der Waals surface area contributed by atoms with Crippen LogP contribution >= 0.6 is 45.3 Å². The molecular formula is C95H111N11O3S4. The molecule has 0 aliphatic heterocycles. The first-order valence-corrected chi connectivity index (χ1v) is 42.3. The van der Waals surface area contributed by atoms with Gasteiger partial charge in [-0.2, -0.15) is 0 Å². The normalized spacial score (nSPS) is 11.7.